The predicted octanol–water partition coefficient (Wildman–Crippen LogP) is 3.05. The van der Waals surface area contributed by atoms with Crippen molar-refractivity contribution in [3.63, 3.8) is 0 Å². The Hall–Kier alpha value is -1.88. The molecule has 0 aliphatic rings. The number of para-hydroxylation sites is 1. The van der Waals surface area contributed by atoms with E-state index in [4.69, 9.17) is 11.6 Å². The van der Waals surface area contributed by atoms with Crippen LogP contribution in [0.1, 0.15) is 11.4 Å². The molecule has 0 amide bonds. The lowest BCUT2D eigenvalue weighted by atomic mass is 10.2. The van der Waals surface area contributed by atoms with Gasteiger partial charge in [-0.25, -0.2) is 4.68 Å². The molecule has 0 radical (unpaired) electrons. The molecule has 0 saturated heterocycles. The maximum absolute atomic E-state index is 11.0. The fourth-order valence-electron chi connectivity index (χ4n) is 1.72. The van der Waals surface area contributed by atoms with Crippen molar-refractivity contribution in [3.8, 4) is 5.69 Å². The first kappa shape index (κ1) is 11.6. The van der Waals surface area contributed by atoms with Gasteiger partial charge in [-0.05, 0) is 26.0 Å². The fraction of sp³-hybridized carbons (Fsp3) is 0.182. The topological polar surface area (TPSA) is 61.0 Å². The van der Waals surface area contributed by atoms with Gasteiger partial charge in [0, 0.05) is 11.8 Å². The molecular weight excluding hydrogens is 242 g/mol. The highest BCUT2D eigenvalue weighted by molar-refractivity contribution is 6.32. The average Bonchev–Trinajstić information content (AvgIpc) is 2.57. The number of rotatable bonds is 2. The first-order valence-corrected chi connectivity index (χ1v) is 5.35. The van der Waals surface area contributed by atoms with Gasteiger partial charge >= 0.3 is 0 Å². The molecule has 88 valence electrons. The van der Waals surface area contributed by atoms with Gasteiger partial charge in [-0.2, -0.15) is 5.10 Å². The van der Waals surface area contributed by atoms with Crippen LogP contribution in [0.2, 0.25) is 5.02 Å². The molecule has 0 N–H and O–H groups in total. The summed E-state index contributed by atoms with van der Waals surface area (Å²) in [6.45, 7) is 3.65. The van der Waals surface area contributed by atoms with Crippen molar-refractivity contribution in [2.75, 3.05) is 0 Å². The standard InChI is InChI=1S/C11H10ClN3O2/c1-7-6-8(2)14(13-7)11-9(12)4-3-5-10(11)15(16)17/h3-6H,1-2H3. The summed E-state index contributed by atoms with van der Waals surface area (Å²) in [6, 6.07) is 6.42. The molecule has 0 atom stereocenters. The minimum atomic E-state index is -0.461. The van der Waals surface area contributed by atoms with Crippen molar-refractivity contribution < 1.29 is 4.92 Å². The number of benzene rings is 1. The largest absolute Gasteiger partial charge is 0.296 e. The molecule has 17 heavy (non-hydrogen) atoms. The molecular formula is C11H10ClN3O2. The van der Waals surface area contributed by atoms with E-state index in [0.717, 1.165) is 11.4 Å². The lowest BCUT2D eigenvalue weighted by Crippen LogP contribution is -2.04. The van der Waals surface area contributed by atoms with E-state index in [-0.39, 0.29) is 5.69 Å². The van der Waals surface area contributed by atoms with Crippen LogP contribution < -0.4 is 0 Å². The Morgan fingerprint density at radius 1 is 1.41 bits per heavy atom. The first-order valence-electron chi connectivity index (χ1n) is 4.97. The van der Waals surface area contributed by atoms with Gasteiger partial charge < -0.3 is 0 Å². The van der Waals surface area contributed by atoms with Gasteiger partial charge in [-0.1, -0.05) is 17.7 Å². The van der Waals surface area contributed by atoms with Crippen LogP contribution in [0.3, 0.4) is 0 Å². The Bertz CT molecular complexity index is 592. The van der Waals surface area contributed by atoms with Gasteiger partial charge in [0.25, 0.3) is 5.69 Å². The van der Waals surface area contributed by atoms with E-state index >= 15 is 0 Å². The summed E-state index contributed by atoms with van der Waals surface area (Å²) in [5.74, 6) is 0. The van der Waals surface area contributed by atoms with Crippen LogP contribution >= 0.6 is 11.6 Å². The number of nitrogens with zero attached hydrogens (tertiary/aromatic N) is 3. The molecule has 0 unspecified atom stereocenters. The molecule has 2 aromatic rings. The number of nitro benzene ring substituents is 1. The van der Waals surface area contributed by atoms with Gasteiger partial charge in [-0.15, -0.1) is 0 Å². The predicted molar refractivity (Wildman–Crippen MR) is 64.7 cm³/mol. The van der Waals surface area contributed by atoms with Gasteiger partial charge in [0.15, 0.2) is 5.69 Å². The fourth-order valence-corrected chi connectivity index (χ4v) is 1.97. The van der Waals surface area contributed by atoms with E-state index in [9.17, 15) is 10.1 Å². The lowest BCUT2D eigenvalue weighted by Gasteiger charge is -2.07. The van der Waals surface area contributed by atoms with Crippen molar-refractivity contribution in [2.24, 2.45) is 0 Å². The normalized spacial score (nSPS) is 10.5. The van der Waals surface area contributed by atoms with Gasteiger partial charge in [0.1, 0.15) is 0 Å². The molecule has 0 aliphatic heterocycles. The maximum atomic E-state index is 11.0. The first-order chi connectivity index (χ1) is 8.00. The number of aromatic nitrogens is 2. The van der Waals surface area contributed by atoms with Crippen LogP contribution in [-0.4, -0.2) is 14.7 Å². The minimum absolute atomic E-state index is 0.0521. The SMILES string of the molecule is Cc1cc(C)n(-c2c(Cl)cccc2[N+](=O)[O-])n1. The molecule has 0 fully saturated rings. The van der Waals surface area contributed by atoms with Crippen LogP contribution in [0.5, 0.6) is 0 Å². The summed E-state index contributed by atoms with van der Waals surface area (Å²) in [7, 11) is 0. The van der Waals surface area contributed by atoms with Crippen molar-refractivity contribution in [2.45, 2.75) is 13.8 Å². The van der Waals surface area contributed by atoms with Crippen molar-refractivity contribution >= 4 is 17.3 Å². The second kappa shape index (κ2) is 4.18. The number of nitro groups is 1. The van der Waals surface area contributed by atoms with E-state index in [0.29, 0.717) is 10.7 Å². The zero-order valence-electron chi connectivity index (χ0n) is 9.35. The zero-order chi connectivity index (χ0) is 12.6. The third-order valence-corrected chi connectivity index (χ3v) is 2.69. The summed E-state index contributed by atoms with van der Waals surface area (Å²) >= 11 is 6.02. The van der Waals surface area contributed by atoms with Crippen LogP contribution in [0, 0.1) is 24.0 Å². The van der Waals surface area contributed by atoms with Crippen molar-refractivity contribution in [1.82, 2.24) is 9.78 Å². The Morgan fingerprint density at radius 3 is 2.65 bits per heavy atom. The Morgan fingerprint density at radius 2 is 2.12 bits per heavy atom. The highest BCUT2D eigenvalue weighted by Crippen LogP contribution is 2.30. The van der Waals surface area contributed by atoms with Gasteiger partial charge in [0.2, 0.25) is 0 Å². The second-order valence-corrected chi connectivity index (χ2v) is 4.11. The molecule has 5 nitrogen and oxygen atoms in total. The summed E-state index contributed by atoms with van der Waals surface area (Å²) in [5, 5.41) is 15.5. The third-order valence-electron chi connectivity index (χ3n) is 2.38. The van der Waals surface area contributed by atoms with E-state index in [2.05, 4.69) is 5.10 Å². The lowest BCUT2D eigenvalue weighted by molar-refractivity contribution is -0.384. The summed E-state index contributed by atoms with van der Waals surface area (Å²) in [6.07, 6.45) is 0. The third kappa shape index (κ3) is 2.01. The molecule has 6 heteroatoms. The number of aryl methyl sites for hydroxylation is 2. The van der Waals surface area contributed by atoms with Gasteiger partial charge in [-0.3, -0.25) is 10.1 Å². The summed E-state index contributed by atoms with van der Waals surface area (Å²) < 4.78 is 1.50. The molecule has 0 saturated carbocycles. The minimum Gasteiger partial charge on any atom is -0.258 e. The highest BCUT2D eigenvalue weighted by Gasteiger charge is 2.20. The van der Waals surface area contributed by atoms with Crippen LogP contribution in [0.15, 0.2) is 24.3 Å². The number of halogens is 1. The molecule has 0 bridgehead atoms. The Balaban J connectivity index is 2.74. The average molecular weight is 252 g/mol. The van der Waals surface area contributed by atoms with E-state index in [1.54, 1.807) is 12.1 Å². The number of hydrogen-bond acceptors (Lipinski definition) is 3. The summed E-state index contributed by atoms with van der Waals surface area (Å²) in [5.41, 5.74) is 1.85. The summed E-state index contributed by atoms with van der Waals surface area (Å²) in [4.78, 5) is 10.5. The number of hydrogen-bond donors (Lipinski definition) is 0. The van der Waals surface area contributed by atoms with E-state index in [1.807, 2.05) is 19.9 Å². The quantitative estimate of drug-likeness (QED) is 0.609. The van der Waals surface area contributed by atoms with Crippen LogP contribution in [0.25, 0.3) is 5.69 Å². The molecule has 1 aromatic carbocycles. The molecule has 2 rings (SSSR count). The smallest absolute Gasteiger partial charge is 0.258 e. The Kier molecular flexibility index (Phi) is 2.85. The zero-order valence-corrected chi connectivity index (χ0v) is 10.1. The van der Waals surface area contributed by atoms with Crippen LogP contribution in [-0.2, 0) is 0 Å². The monoisotopic (exact) mass is 251 g/mol. The molecule has 0 spiro atoms. The van der Waals surface area contributed by atoms with Crippen molar-refractivity contribution in [3.05, 3.63) is 50.8 Å². The maximum Gasteiger partial charge on any atom is 0.296 e. The molecule has 1 aromatic heterocycles. The van der Waals surface area contributed by atoms with Crippen molar-refractivity contribution in [1.29, 1.82) is 0 Å². The van der Waals surface area contributed by atoms with E-state index in [1.165, 1.54) is 10.7 Å². The van der Waals surface area contributed by atoms with Gasteiger partial charge in [0.05, 0.1) is 15.6 Å². The Labute approximate surface area is 103 Å². The van der Waals surface area contributed by atoms with E-state index < -0.39 is 4.92 Å². The second-order valence-electron chi connectivity index (χ2n) is 3.70. The highest BCUT2D eigenvalue weighted by atomic mass is 35.5. The molecule has 1 heterocycles. The molecule has 0 aliphatic carbocycles. The van der Waals surface area contributed by atoms with Crippen LogP contribution in [0.4, 0.5) is 5.69 Å².